The maximum atomic E-state index is 14.5. The quantitative estimate of drug-likeness (QED) is 0.575. The summed E-state index contributed by atoms with van der Waals surface area (Å²) in [5.41, 5.74) is 0.662. The van der Waals surface area contributed by atoms with Gasteiger partial charge in [-0.2, -0.15) is 0 Å². The lowest BCUT2D eigenvalue weighted by atomic mass is 10.0. The van der Waals surface area contributed by atoms with Crippen LogP contribution < -0.4 is 9.80 Å². The highest BCUT2D eigenvalue weighted by Crippen LogP contribution is 2.36. The highest BCUT2D eigenvalue weighted by atomic mass is 19.1. The molecular weight excluding hydrogens is 426 g/mol. The summed E-state index contributed by atoms with van der Waals surface area (Å²) in [5, 5.41) is 0. The number of imide groups is 1. The van der Waals surface area contributed by atoms with Gasteiger partial charge in [-0.1, -0.05) is 30.3 Å². The Balaban J connectivity index is 1.52. The van der Waals surface area contributed by atoms with Gasteiger partial charge in [0, 0.05) is 32.4 Å². The Morgan fingerprint density at radius 2 is 1.39 bits per heavy atom. The molecule has 0 aliphatic carbocycles. The molecule has 1 saturated heterocycles. The van der Waals surface area contributed by atoms with E-state index in [0.29, 0.717) is 31.7 Å². The molecule has 0 spiro atoms. The van der Waals surface area contributed by atoms with Crippen LogP contribution in [0.5, 0.6) is 0 Å². The average Bonchev–Trinajstić information content (AvgIpc) is 3.10. The highest BCUT2D eigenvalue weighted by molar-refractivity contribution is 6.45. The normalized spacial score (nSPS) is 16.7. The zero-order chi connectivity index (χ0) is 22.9. The lowest BCUT2D eigenvalue weighted by molar-refractivity contribution is -0.120. The second-order valence-electron chi connectivity index (χ2n) is 7.79. The van der Waals surface area contributed by atoms with Gasteiger partial charge < -0.3 is 9.80 Å². The summed E-state index contributed by atoms with van der Waals surface area (Å²) in [4.78, 5) is 36.1. The molecule has 166 valence electrons. The van der Waals surface area contributed by atoms with E-state index in [9.17, 15) is 18.4 Å². The Morgan fingerprint density at radius 1 is 0.727 bits per heavy atom. The fraction of sp³-hybridized carbons (Fsp3) is 0.160. The van der Waals surface area contributed by atoms with Crippen molar-refractivity contribution in [2.75, 3.05) is 36.0 Å². The summed E-state index contributed by atoms with van der Waals surface area (Å²) in [6, 6.07) is 16.8. The van der Waals surface area contributed by atoms with Crippen molar-refractivity contribution in [3.05, 3.63) is 95.8 Å². The maximum absolute atomic E-state index is 14.5. The van der Waals surface area contributed by atoms with Gasteiger partial charge in [-0.3, -0.25) is 9.59 Å². The predicted molar refractivity (Wildman–Crippen MR) is 120 cm³/mol. The van der Waals surface area contributed by atoms with Gasteiger partial charge >= 0.3 is 0 Å². The molecular formula is C25H20F2N4O2. The number of carbonyl (C=O) groups excluding carboxylic acids is 2. The van der Waals surface area contributed by atoms with Crippen LogP contribution in [0.4, 0.5) is 20.3 Å². The fourth-order valence-electron chi connectivity index (χ4n) is 4.24. The van der Waals surface area contributed by atoms with E-state index in [4.69, 9.17) is 0 Å². The van der Waals surface area contributed by atoms with Crippen molar-refractivity contribution >= 4 is 28.9 Å². The lowest BCUT2D eigenvalue weighted by Crippen LogP contribution is -2.48. The smallest absolute Gasteiger partial charge is 0.282 e. The second kappa shape index (κ2) is 8.46. The SMILES string of the molecule is O=C1C(c2ccc(F)cc2)=C(N2CCN(c3ccccn3)CC2)C(=O)N1c1ccccc1F. The Bertz CT molecular complexity index is 1240. The minimum absolute atomic E-state index is 0.103. The molecule has 3 aromatic rings. The monoisotopic (exact) mass is 446 g/mol. The molecule has 2 aliphatic heterocycles. The minimum atomic E-state index is -0.668. The van der Waals surface area contributed by atoms with Crippen molar-refractivity contribution in [2.24, 2.45) is 0 Å². The topological polar surface area (TPSA) is 56.8 Å². The standard InChI is InChI=1S/C25H20F2N4O2/c26-18-10-8-17(9-11-18)22-23(25(33)31(24(22)32)20-6-2-1-5-19(20)27)30-15-13-29(14-16-30)21-7-3-4-12-28-21/h1-12H,13-16H2. The van der Waals surface area contributed by atoms with Crippen LogP contribution in [0.1, 0.15) is 5.56 Å². The first-order valence-corrected chi connectivity index (χ1v) is 10.6. The number of rotatable bonds is 4. The first-order valence-electron chi connectivity index (χ1n) is 10.6. The number of halogens is 2. The summed E-state index contributed by atoms with van der Waals surface area (Å²) in [5.74, 6) is -1.49. The van der Waals surface area contributed by atoms with Crippen molar-refractivity contribution in [3.8, 4) is 0 Å². The zero-order valence-electron chi connectivity index (χ0n) is 17.6. The molecule has 0 unspecified atom stereocenters. The number of amides is 2. The van der Waals surface area contributed by atoms with E-state index >= 15 is 0 Å². The number of benzene rings is 2. The molecule has 2 aromatic carbocycles. The molecule has 0 bridgehead atoms. The van der Waals surface area contributed by atoms with Gasteiger partial charge in [-0.15, -0.1) is 0 Å². The van der Waals surface area contributed by atoms with Crippen LogP contribution in [-0.4, -0.2) is 47.9 Å². The molecule has 0 saturated carbocycles. The molecule has 0 atom stereocenters. The molecule has 2 amide bonds. The van der Waals surface area contributed by atoms with Crippen LogP contribution in [-0.2, 0) is 9.59 Å². The van der Waals surface area contributed by atoms with Crippen molar-refractivity contribution < 1.29 is 18.4 Å². The molecule has 6 nitrogen and oxygen atoms in total. The lowest BCUT2D eigenvalue weighted by Gasteiger charge is -2.37. The van der Waals surface area contributed by atoms with Crippen LogP contribution in [0.3, 0.4) is 0 Å². The number of hydrogen-bond acceptors (Lipinski definition) is 5. The van der Waals surface area contributed by atoms with Gasteiger partial charge in [0.1, 0.15) is 23.1 Å². The number of hydrogen-bond donors (Lipinski definition) is 0. The Hall–Kier alpha value is -4.07. The minimum Gasteiger partial charge on any atom is -0.363 e. The van der Waals surface area contributed by atoms with E-state index in [1.54, 1.807) is 12.3 Å². The van der Waals surface area contributed by atoms with Crippen molar-refractivity contribution in [3.63, 3.8) is 0 Å². The van der Waals surface area contributed by atoms with Gasteiger partial charge in [0.15, 0.2) is 0 Å². The van der Waals surface area contributed by atoms with Crippen molar-refractivity contribution in [1.29, 1.82) is 0 Å². The maximum Gasteiger partial charge on any atom is 0.282 e. The molecule has 1 fully saturated rings. The third kappa shape index (κ3) is 3.73. The number of piperazine rings is 1. The number of pyridine rings is 1. The third-order valence-corrected chi connectivity index (χ3v) is 5.85. The number of anilines is 2. The van der Waals surface area contributed by atoms with Crippen molar-refractivity contribution in [1.82, 2.24) is 9.88 Å². The van der Waals surface area contributed by atoms with E-state index in [1.807, 2.05) is 23.1 Å². The van der Waals surface area contributed by atoms with Crippen LogP contribution in [0, 0.1) is 11.6 Å². The molecule has 0 radical (unpaired) electrons. The molecule has 8 heteroatoms. The van der Waals surface area contributed by atoms with E-state index < -0.39 is 23.4 Å². The number of aromatic nitrogens is 1. The summed E-state index contributed by atoms with van der Waals surface area (Å²) < 4.78 is 28.1. The van der Waals surface area contributed by atoms with Gasteiger partial charge in [0.25, 0.3) is 11.8 Å². The third-order valence-electron chi connectivity index (χ3n) is 5.85. The van der Waals surface area contributed by atoms with Crippen LogP contribution in [0.2, 0.25) is 0 Å². The number of carbonyl (C=O) groups is 2. The molecule has 3 heterocycles. The highest BCUT2D eigenvalue weighted by Gasteiger charge is 2.43. The van der Waals surface area contributed by atoms with E-state index in [1.165, 1.54) is 42.5 Å². The van der Waals surface area contributed by atoms with Gasteiger partial charge in [-0.05, 0) is 42.0 Å². The first-order chi connectivity index (χ1) is 16.0. The van der Waals surface area contributed by atoms with Crippen LogP contribution in [0.15, 0.2) is 78.6 Å². The Labute approximate surface area is 189 Å². The largest absolute Gasteiger partial charge is 0.363 e. The van der Waals surface area contributed by atoms with E-state index in [0.717, 1.165) is 10.7 Å². The van der Waals surface area contributed by atoms with Crippen molar-refractivity contribution in [2.45, 2.75) is 0 Å². The van der Waals surface area contributed by atoms with Gasteiger partial charge in [0.05, 0.1) is 11.3 Å². The van der Waals surface area contributed by atoms with E-state index in [-0.39, 0.29) is 17.0 Å². The Morgan fingerprint density at radius 3 is 2.06 bits per heavy atom. The first kappa shape index (κ1) is 20.8. The molecule has 2 aliphatic rings. The summed E-state index contributed by atoms with van der Waals surface area (Å²) >= 11 is 0. The zero-order valence-corrected chi connectivity index (χ0v) is 17.6. The number of para-hydroxylation sites is 1. The van der Waals surface area contributed by atoms with Crippen LogP contribution >= 0.6 is 0 Å². The summed E-state index contributed by atoms with van der Waals surface area (Å²) in [7, 11) is 0. The molecule has 0 N–H and O–H groups in total. The van der Waals surface area contributed by atoms with Gasteiger partial charge in [-0.25, -0.2) is 18.7 Å². The molecule has 1 aromatic heterocycles. The summed E-state index contributed by atoms with van der Waals surface area (Å²) in [6.07, 6.45) is 1.72. The van der Waals surface area contributed by atoms with E-state index in [2.05, 4.69) is 9.88 Å². The van der Waals surface area contributed by atoms with Gasteiger partial charge in [0.2, 0.25) is 0 Å². The predicted octanol–water partition coefficient (Wildman–Crippen LogP) is 3.47. The molecule has 5 rings (SSSR count). The fourth-order valence-corrected chi connectivity index (χ4v) is 4.24. The van der Waals surface area contributed by atoms with Crippen LogP contribution in [0.25, 0.3) is 5.57 Å². The number of nitrogens with zero attached hydrogens (tertiary/aromatic N) is 4. The Kier molecular flexibility index (Phi) is 5.34. The second-order valence-corrected chi connectivity index (χ2v) is 7.79. The average molecular weight is 446 g/mol. The summed E-state index contributed by atoms with van der Waals surface area (Å²) in [6.45, 7) is 2.14. The molecule has 33 heavy (non-hydrogen) atoms.